The van der Waals surface area contributed by atoms with Gasteiger partial charge in [0, 0.05) is 10.9 Å². The van der Waals surface area contributed by atoms with Crippen LogP contribution in [0.5, 0.6) is 0 Å². The van der Waals surface area contributed by atoms with Gasteiger partial charge in [0.05, 0.1) is 16.6 Å². The Morgan fingerprint density at radius 2 is 1.33 bits per heavy atom. The zero-order valence-electron chi connectivity index (χ0n) is 13.5. The molecule has 2 aromatic heterocycles. The van der Waals surface area contributed by atoms with E-state index < -0.39 is 0 Å². The second kappa shape index (κ2) is 4.97. The van der Waals surface area contributed by atoms with Crippen LogP contribution < -0.4 is 0 Å². The van der Waals surface area contributed by atoms with Crippen molar-refractivity contribution in [2.45, 2.75) is 6.92 Å². The van der Waals surface area contributed by atoms with E-state index in [0.717, 1.165) is 0 Å². The third-order valence-corrected chi connectivity index (χ3v) is 4.95. The first kappa shape index (κ1) is 13.4. The van der Waals surface area contributed by atoms with Crippen LogP contribution in [0.1, 0.15) is 5.56 Å². The van der Waals surface area contributed by atoms with Crippen molar-refractivity contribution in [2.75, 3.05) is 0 Å². The molecule has 0 amide bonds. The highest BCUT2D eigenvalue weighted by Gasteiger charge is 2.15. The molecule has 0 fully saturated rings. The van der Waals surface area contributed by atoms with Crippen molar-refractivity contribution >= 4 is 27.3 Å². The fourth-order valence-electron chi connectivity index (χ4n) is 3.85. The standard InChI is InChI=1S/C23H17N/c1-16-19-12-6-8-14-22(19)24-21-13-7-5-11-18(21)15-20(23(16)24)17-9-3-2-4-10-17/h2-15H,1H3. The van der Waals surface area contributed by atoms with E-state index in [2.05, 4.69) is 96.3 Å². The number of pyridine rings is 1. The van der Waals surface area contributed by atoms with Gasteiger partial charge in [-0.2, -0.15) is 0 Å². The van der Waals surface area contributed by atoms with E-state index in [0.29, 0.717) is 0 Å². The molecular weight excluding hydrogens is 290 g/mol. The van der Waals surface area contributed by atoms with Crippen molar-refractivity contribution in [3.63, 3.8) is 0 Å². The summed E-state index contributed by atoms with van der Waals surface area (Å²) in [4.78, 5) is 0. The number of hydrogen-bond acceptors (Lipinski definition) is 0. The molecule has 0 saturated heterocycles. The zero-order valence-corrected chi connectivity index (χ0v) is 13.5. The summed E-state index contributed by atoms with van der Waals surface area (Å²) in [7, 11) is 0. The SMILES string of the molecule is Cc1c2ccccc2n2c1c(-c1ccccc1)cc1ccccc12. The monoisotopic (exact) mass is 307 g/mol. The Kier molecular flexibility index (Phi) is 2.77. The van der Waals surface area contributed by atoms with Crippen LogP contribution in [-0.2, 0) is 0 Å². The van der Waals surface area contributed by atoms with Crippen LogP contribution >= 0.6 is 0 Å². The van der Waals surface area contributed by atoms with Gasteiger partial charge < -0.3 is 4.40 Å². The van der Waals surface area contributed by atoms with Crippen LogP contribution in [0.4, 0.5) is 0 Å². The third-order valence-electron chi connectivity index (χ3n) is 4.95. The smallest absolute Gasteiger partial charge is 0.0576 e. The van der Waals surface area contributed by atoms with Gasteiger partial charge in [-0.15, -0.1) is 0 Å². The summed E-state index contributed by atoms with van der Waals surface area (Å²) in [5, 5.41) is 2.59. The predicted molar refractivity (Wildman–Crippen MR) is 103 cm³/mol. The van der Waals surface area contributed by atoms with Crippen LogP contribution in [0.2, 0.25) is 0 Å². The van der Waals surface area contributed by atoms with Gasteiger partial charge >= 0.3 is 0 Å². The summed E-state index contributed by atoms with van der Waals surface area (Å²) in [5.74, 6) is 0. The highest BCUT2D eigenvalue weighted by Crippen LogP contribution is 2.37. The minimum atomic E-state index is 1.26. The molecule has 0 atom stereocenters. The number of rotatable bonds is 1. The number of para-hydroxylation sites is 2. The van der Waals surface area contributed by atoms with Crippen LogP contribution in [0.15, 0.2) is 84.9 Å². The quantitative estimate of drug-likeness (QED) is 0.346. The molecule has 5 rings (SSSR count). The summed E-state index contributed by atoms with van der Waals surface area (Å²) in [6, 6.07) is 30.3. The lowest BCUT2D eigenvalue weighted by molar-refractivity contribution is 1.32. The number of hydrogen-bond donors (Lipinski definition) is 0. The average Bonchev–Trinajstić information content (AvgIpc) is 2.96. The number of benzene rings is 3. The van der Waals surface area contributed by atoms with Gasteiger partial charge in [-0.05, 0) is 41.6 Å². The highest BCUT2D eigenvalue weighted by atomic mass is 14.9. The molecule has 5 aromatic rings. The van der Waals surface area contributed by atoms with Crippen molar-refractivity contribution in [2.24, 2.45) is 0 Å². The molecule has 0 aliphatic heterocycles. The van der Waals surface area contributed by atoms with Crippen molar-refractivity contribution in [1.29, 1.82) is 0 Å². The van der Waals surface area contributed by atoms with Crippen molar-refractivity contribution in [3.05, 3.63) is 90.5 Å². The lowest BCUT2D eigenvalue weighted by atomic mass is 10.0. The van der Waals surface area contributed by atoms with Crippen LogP contribution in [0, 0.1) is 6.92 Å². The molecule has 0 aliphatic carbocycles. The third kappa shape index (κ3) is 1.75. The molecule has 114 valence electrons. The van der Waals surface area contributed by atoms with E-state index >= 15 is 0 Å². The van der Waals surface area contributed by atoms with Crippen molar-refractivity contribution < 1.29 is 0 Å². The zero-order chi connectivity index (χ0) is 16.1. The van der Waals surface area contributed by atoms with Gasteiger partial charge in [0.15, 0.2) is 0 Å². The van der Waals surface area contributed by atoms with Gasteiger partial charge in [0.25, 0.3) is 0 Å². The predicted octanol–water partition coefficient (Wildman–Crippen LogP) is 6.22. The summed E-state index contributed by atoms with van der Waals surface area (Å²) in [6.07, 6.45) is 0. The second-order valence-corrected chi connectivity index (χ2v) is 6.31. The van der Waals surface area contributed by atoms with Crippen molar-refractivity contribution in [1.82, 2.24) is 4.40 Å². The average molecular weight is 307 g/mol. The Morgan fingerprint density at radius 3 is 2.17 bits per heavy atom. The largest absolute Gasteiger partial charge is 0.308 e. The fourth-order valence-corrected chi connectivity index (χ4v) is 3.85. The highest BCUT2D eigenvalue weighted by molar-refractivity contribution is 6.04. The summed E-state index contributed by atoms with van der Waals surface area (Å²) >= 11 is 0. The van der Waals surface area contributed by atoms with E-state index in [1.165, 1.54) is 44.0 Å². The van der Waals surface area contributed by atoms with Crippen LogP contribution in [0.25, 0.3) is 38.4 Å². The first-order valence-corrected chi connectivity index (χ1v) is 8.31. The number of nitrogens with zero attached hydrogens (tertiary/aromatic N) is 1. The second-order valence-electron chi connectivity index (χ2n) is 6.31. The molecule has 24 heavy (non-hydrogen) atoms. The van der Waals surface area contributed by atoms with E-state index in [9.17, 15) is 0 Å². The summed E-state index contributed by atoms with van der Waals surface area (Å²) < 4.78 is 2.42. The van der Waals surface area contributed by atoms with Crippen LogP contribution in [-0.4, -0.2) is 4.40 Å². The molecule has 3 aromatic carbocycles. The molecule has 1 nitrogen and oxygen atoms in total. The minimum Gasteiger partial charge on any atom is -0.308 e. The van der Waals surface area contributed by atoms with Crippen LogP contribution in [0.3, 0.4) is 0 Å². The van der Waals surface area contributed by atoms with Gasteiger partial charge in [0.2, 0.25) is 0 Å². The lowest BCUT2D eigenvalue weighted by Crippen LogP contribution is -1.92. The maximum atomic E-state index is 2.42. The molecule has 0 bridgehead atoms. The van der Waals surface area contributed by atoms with Gasteiger partial charge in [-0.3, -0.25) is 0 Å². The maximum absolute atomic E-state index is 2.42. The van der Waals surface area contributed by atoms with E-state index in [1.807, 2.05) is 0 Å². The van der Waals surface area contributed by atoms with Gasteiger partial charge in [-0.25, -0.2) is 0 Å². The molecule has 0 aliphatic rings. The Hall–Kier alpha value is -3.06. The van der Waals surface area contributed by atoms with E-state index in [1.54, 1.807) is 0 Å². The Morgan fingerprint density at radius 1 is 0.667 bits per heavy atom. The van der Waals surface area contributed by atoms with E-state index in [4.69, 9.17) is 0 Å². The molecule has 0 unspecified atom stereocenters. The molecule has 0 N–H and O–H groups in total. The molecular formula is C23H17N. The maximum Gasteiger partial charge on any atom is 0.0576 e. The van der Waals surface area contributed by atoms with E-state index in [-0.39, 0.29) is 0 Å². The molecule has 0 radical (unpaired) electrons. The molecule has 2 heterocycles. The normalized spacial score (nSPS) is 11.5. The minimum absolute atomic E-state index is 1.26. The Labute approximate surface area is 140 Å². The number of aryl methyl sites for hydroxylation is 1. The number of aromatic nitrogens is 1. The molecule has 1 heteroatoms. The first-order chi connectivity index (χ1) is 11.8. The van der Waals surface area contributed by atoms with Gasteiger partial charge in [0.1, 0.15) is 0 Å². The lowest BCUT2D eigenvalue weighted by Gasteiger charge is -2.11. The topological polar surface area (TPSA) is 4.41 Å². The summed E-state index contributed by atoms with van der Waals surface area (Å²) in [5.41, 5.74) is 7.74. The van der Waals surface area contributed by atoms with Crippen molar-refractivity contribution in [3.8, 4) is 11.1 Å². The Balaban J connectivity index is 2.10. The molecule has 0 spiro atoms. The van der Waals surface area contributed by atoms with Gasteiger partial charge in [-0.1, -0.05) is 66.7 Å². The fraction of sp³-hybridized carbons (Fsp3) is 0.0435. The first-order valence-electron chi connectivity index (χ1n) is 8.31. The summed E-state index contributed by atoms with van der Waals surface area (Å²) in [6.45, 7) is 2.24. The Bertz CT molecular complexity index is 1200. The molecule has 0 saturated carbocycles. The number of fused-ring (bicyclic) bond motifs is 5.